The van der Waals surface area contributed by atoms with E-state index < -0.39 is 5.97 Å². The quantitative estimate of drug-likeness (QED) is 0.812. The van der Waals surface area contributed by atoms with Crippen molar-refractivity contribution in [2.24, 2.45) is 0 Å². The van der Waals surface area contributed by atoms with Gasteiger partial charge in [-0.3, -0.25) is 0 Å². The van der Waals surface area contributed by atoms with Crippen LogP contribution in [0.2, 0.25) is 0 Å². The third kappa shape index (κ3) is 5.67. The van der Waals surface area contributed by atoms with Gasteiger partial charge in [-0.2, -0.15) is 11.8 Å². The van der Waals surface area contributed by atoms with E-state index in [-0.39, 0.29) is 17.6 Å². The van der Waals surface area contributed by atoms with Gasteiger partial charge in [-0.1, -0.05) is 12.1 Å². The van der Waals surface area contributed by atoms with Crippen molar-refractivity contribution < 1.29 is 14.7 Å². The Morgan fingerprint density at radius 2 is 2.14 bits per heavy atom. The van der Waals surface area contributed by atoms with Crippen molar-refractivity contribution in [3.05, 3.63) is 35.4 Å². The number of carbonyl (C=O) groups is 2. The lowest BCUT2D eigenvalue weighted by Crippen LogP contribution is -2.42. The maximum Gasteiger partial charge on any atom is 0.335 e. The SMILES string of the molecule is CSCCC(C)N(C)C(=O)NCc1cccc(C(=O)O)c1. The maximum atomic E-state index is 12.0. The van der Waals surface area contributed by atoms with E-state index in [1.807, 2.05) is 13.2 Å². The summed E-state index contributed by atoms with van der Waals surface area (Å²) in [6.45, 7) is 2.33. The van der Waals surface area contributed by atoms with Crippen LogP contribution >= 0.6 is 11.8 Å². The number of aromatic carboxylic acids is 1. The summed E-state index contributed by atoms with van der Waals surface area (Å²) in [5.74, 6) is 0.0467. The van der Waals surface area contributed by atoms with Crippen molar-refractivity contribution in [2.45, 2.75) is 25.9 Å². The summed E-state index contributed by atoms with van der Waals surface area (Å²) in [4.78, 5) is 24.6. The largest absolute Gasteiger partial charge is 0.478 e. The molecule has 0 saturated carbocycles. The molecule has 0 radical (unpaired) electrons. The fourth-order valence-corrected chi connectivity index (χ4v) is 2.38. The zero-order chi connectivity index (χ0) is 15.8. The lowest BCUT2D eigenvalue weighted by Gasteiger charge is -2.25. The maximum absolute atomic E-state index is 12.0. The topological polar surface area (TPSA) is 69.6 Å². The molecule has 0 spiro atoms. The molecule has 6 heteroatoms. The fraction of sp³-hybridized carbons (Fsp3) is 0.467. The first-order valence-corrected chi connectivity index (χ1v) is 8.17. The summed E-state index contributed by atoms with van der Waals surface area (Å²) in [5, 5.41) is 11.7. The molecule has 1 rings (SSSR count). The predicted molar refractivity (Wildman–Crippen MR) is 85.9 cm³/mol. The van der Waals surface area contributed by atoms with Gasteiger partial charge < -0.3 is 15.3 Å². The van der Waals surface area contributed by atoms with E-state index in [1.165, 1.54) is 6.07 Å². The number of carboxylic acid groups (broad SMARTS) is 1. The number of hydrogen-bond donors (Lipinski definition) is 2. The van der Waals surface area contributed by atoms with Gasteiger partial charge in [-0.05, 0) is 43.0 Å². The number of benzene rings is 1. The van der Waals surface area contributed by atoms with E-state index in [0.717, 1.165) is 17.7 Å². The highest BCUT2D eigenvalue weighted by molar-refractivity contribution is 7.98. The zero-order valence-corrected chi connectivity index (χ0v) is 13.4. The van der Waals surface area contributed by atoms with E-state index in [2.05, 4.69) is 5.32 Å². The van der Waals surface area contributed by atoms with Gasteiger partial charge in [-0.15, -0.1) is 0 Å². The minimum Gasteiger partial charge on any atom is -0.478 e. The van der Waals surface area contributed by atoms with Crippen LogP contribution in [-0.2, 0) is 6.54 Å². The monoisotopic (exact) mass is 310 g/mol. The molecule has 0 heterocycles. The highest BCUT2D eigenvalue weighted by Gasteiger charge is 2.15. The molecule has 0 aliphatic heterocycles. The Labute approximate surface area is 129 Å². The molecule has 1 unspecified atom stereocenters. The first kappa shape index (κ1) is 17.4. The van der Waals surface area contributed by atoms with Crippen LogP contribution in [-0.4, -0.2) is 47.1 Å². The van der Waals surface area contributed by atoms with Crippen LogP contribution in [0.25, 0.3) is 0 Å². The smallest absolute Gasteiger partial charge is 0.335 e. The van der Waals surface area contributed by atoms with Crippen LogP contribution in [0, 0.1) is 0 Å². The summed E-state index contributed by atoms with van der Waals surface area (Å²) in [6.07, 6.45) is 2.99. The predicted octanol–water partition coefficient (Wildman–Crippen LogP) is 2.67. The molecule has 1 aromatic rings. The molecule has 0 aliphatic rings. The minimum absolute atomic E-state index is 0.149. The highest BCUT2D eigenvalue weighted by atomic mass is 32.2. The summed E-state index contributed by atoms with van der Waals surface area (Å²) < 4.78 is 0. The molecule has 2 amide bonds. The van der Waals surface area contributed by atoms with Gasteiger partial charge >= 0.3 is 12.0 Å². The van der Waals surface area contributed by atoms with Gasteiger partial charge in [0.25, 0.3) is 0 Å². The van der Waals surface area contributed by atoms with Gasteiger partial charge in [0.2, 0.25) is 0 Å². The van der Waals surface area contributed by atoms with Crippen molar-refractivity contribution in [2.75, 3.05) is 19.1 Å². The number of thioether (sulfide) groups is 1. The van der Waals surface area contributed by atoms with Crippen molar-refractivity contribution >= 4 is 23.8 Å². The molecule has 2 N–H and O–H groups in total. The summed E-state index contributed by atoms with van der Waals surface area (Å²) in [6, 6.07) is 6.59. The number of nitrogens with one attached hydrogen (secondary N) is 1. The van der Waals surface area contributed by atoms with Crippen molar-refractivity contribution in [3.63, 3.8) is 0 Å². The summed E-state index contributed by atoms with van der Waals surface area (Å²) in [5.41, 5.74) is 0.997. The molecular formula is C15H22N2O3S. The average molecular weight is 310 g/mol. The van der Waals surface area contributed by atoms with Gasteiger partial charge in [0, 0.05) is 19.6 Å². The minimum atomic E-state index is -0.967. The van der Waals surface area contributed by atoms with Gasteiger partial charge in [-0.25, -0.2) is 9.59 Å². The third-order valence-electron chi connectivity index (χ3n) is 3.34. The van der Waals surface area contributed by atoms with Crippen molar-refractivity contribution in [1.29, 1.82) is 0 Å². The molecule has 1 aromatic carbocycles. The van der Waals surface area contributed by atoms with E-state index in [4.69, 9.17) is 5.11 Å². The second-order valence-electron chi connectivity index (χ2n) is 4.91. The molecule has 116 valence electrons. The fourth-order valence-electron chi connectivity index (χ4n) is 1.80. The summed E-state index contributed by atoms with van der Waals surface area (Å²) >= 11 is 1.76. The normalized spacial score (nSPS) is 11.8. The highest BCUT2D eigenvalue weighted by Crippen LogP contribution is 2.08. The van der Waals surface area contributed by atoms with E-state index in [0.29, 0.717) is 6.54 Å². The first-order valence-electron chi connectivity index (χ1n) is 6.77. The van der Waals surface area contributed by atoms with Crippen LogP contribution in [0.4, 0.5) is 4.79 Å². The van der Waals surface area contributed by atoms with Crippen molar-refractivity contribution in [1.82, 2.24) is 10.2 Å². The molecule has 1 atom stereocenters. The molecular weight excluding hydrogens is 288 g/mol. The summed E-state index contributed by atoms with van der Waals surface area (Å²) in [7, 11) is 1.77. The van der Waals surface area contributed by atoms with Crippen LogP contribution in [0.1, 0.15) is 29.3 Å². The third-order valence-corrected chi connectivity index (χ3v) is 3.98. The van der Waals surface area contributed by atoms with Crippen LogP contribution in [0.3, 0.4) is 0 Å². The van der Waals surface area contributed by atoms with Gasteiger partial charge in [0.1, 0.15) is 0 Å². The Hall–Kier alpha value is -1.69. The molecule has 0 saturated heterocycles. The number of rotatable bonds is 7. The lowest BCUT2D eigenvalue weighted by molar-refractivity contribution is 0.0696. The van der Waals surface area contributed by atoms with E-state index in [1.54, 1.807) is 41.9 Å². The average Bonchev–Trinajstić information content (AvgIpc) is 2.49. The molecule has 5 nitrogen and oxygen atoms in total. The number of amides is 2. The van der Waals surface area contributed by atoms with Crippen LogP contribution in [0.15, 0.2) is 24.3 Å². The van der Waals surface area contributed by atoms with E-state index >= 15 is 0 Å². The molecule has 0 aliphatic carbocycles. The van der Waals surface area contributed by atoms with Gasteiger partial charge in [0.15, 0.2) is 0 Å². The Morgan fingerprint density at radius 3 is 2.76 bits per heavy atom. The zero-order valence-electron chi connectivity index (χ0n) is 12.6. The van der Waals surface area contributed by atoms with Gasteiger partial charge in [0.05, 0.1) is 5.56 Å². The second-order valence-corrected chi connectivity index (χ2v) is 5.89. The Balaban J connectivity index is 2.52. The molecule has 0 fully saturated rings. The molecule has 21 heavy (non-hydrogen) atoms. The van der Waals surface area contributed by atoms with Crippen LogP contribution in [0.5, 0.6) is 0 Å². The number of carbonyl (C=O) groups excluding carboxylic acids is 1. The van der Waals surface area contributed by atoms with E-state index in [9.17, 15) is 9.59 Å². The number of hydrogen-bond acceptors (Lipinski definition) is 3. The second kappa shape index (κ2) is 8.56. The first-order chi connectivity index (χ1) is 9.95. The lowest BCUT2D eigenvalue weighted by atomic mass is 10.1. The number of nitrogens with zero attached hydrogens (tertiary/aromatic N) is 1. The Bertz CT molecular complexity index is 494. The molecule has 0 bridgehead atoms. The number of carboxylic acids is 1. The Morgan fingerprint density at radius 1 is 1.43 bits per heavy atom. The van der Waals surface area contributed by atoms with Crippen LogP contribution < -0.4 is 5.32 Å². The molecule has 0 aromatic heterocycles. The Kier molecular flexibility index (Phi) is 7.08. The number of urea groups is 1. The standard InChI is InChI=1S/C15H22N2O3S/c1-11(7-8-21-3)17(2)15(20)16-10-12-5-4-6-13(9-12)14(18)19/h4-6,9,11H,7-8,10H2,1-3H3,(H,16,20)(H,18,19). The van der Waals surface area contributed by atoms with Crippen molar-refractivity contribution in [3.8, 4) is 0 Å².